The molecule has 0 spiro atoms. The summed E-state index contributed by atoms with van der Waals surface area (Å²) < 4.78 is 28.3. The molecule has 8 heteroatoms. The van der Waals surface area contributed by atoms with Crippen LogP contribution in [-0.4, -0.2) is 26.8 Å². The summed E-state index contributed by atoms with van der Waals surface area (Å²) in [6.45, 7) is 0. The molecule has 0 radical (unpaired) electrons. The zero-order valence-electron chi connectivity index (χ0n) is 15.4. The Bertz CT molecular complexity index is 1250. The molecule has 2 aromatic carbocycles. The van der Waals surface area contributed by atoms with E-state index < -0.39 is 23.3 Å². The molecule has 0 aliphatic carbocycles. The van der Waals surface area contributed by atoms with E-state index >= 15 is 0 Å². The molecule has 0 saturated heterocycles. The number of amides is 1. The van der Waals surface area contributed by atoms with Crippen molar-refractivity contribution in [2.75, 3.05) is 5.32 Å². The van der Waals surface area contributed by atoms with E-state index in [0.29, 0.717) is 11.2 Å². The lowest BCUT2D eigenvalue weighted by molar-refractivity contribution is -0.112. The fraction of sp³-hybridized carbons (Fsp3) is 0.0455. The van der Waals surface area contributed by atoms with Crippen LogP contribution in [0.2, 0.25) is 0 Å². The van der Waals surface area contributed by atoms with Crippen molar-refractivity contribution in [2.45, 2.75) is 6.42 Å². The number of aromatic amines is 1. The number of carbonyl (C=O) groups excluding carboxylic acids is 2. The monoisotopic (exact) mass is 407 g/mol. The normalized spacial score (nSPS) is 10.9. The van der Waals surface area contributed by atoms with Gasteiger partial charge in [0.15, 0.2) is 0 Å². The number of phenols is 1. The molecule has 1 amide bonds. The van der Waals surface area contributed by atoms with Crippen molar-refractivity contribution >= 4 is 28.3 Å². The first-order valence-corrected chi connectivity index (χ1v) is 8.96. The lowest BCUT2D eigenvalue weighted by atomic mass is 10.0. The number of halogens is 2. The minimum Gasteiger partial charge on any atom is -0.508 e. The second kappa shape index (κ2) is 7.75. The molecule has 6 nitrogen and oxygen atoms in total. The first-order valence-electron chi connectivity index (χ1n) is 8.96. The summed E-state index contributed by atoms with van der Waals surface area (Å²) in [7, 11) is 0. The Morgan fingerprint density at radius 3 is 2.43 bits per heavy atom. The van der Waals surface area contributed by atoms with Crippen LogP contribution in [0.1, 0.15) is 21.6 Å². The molecule has 0 bridgehead atoms. The zero-order valence-corrected chi connectivity index (χ0v) is 15.4. The third kappa shape index (κ3) is 3.62. The lowest BCUT2D eigenvalue weighted by Gasteiger charge is -2.08. The van der Waals surface area contributed by atoms with Crippen LogP contribution in [0.15, 0.2) is 60.9 Å². The molecule has 2 heterocycles. The zero-order chi connectivity index (χ0) is 21.3. The molecule has 4 aromatic rings. The van der Waals surface area contributed by atoms with E-state index in [9.17, 15) is 23.5 Å². The maximum absolute atomic E-state index is 14.2. The van der Waals surface area contributed by atoms with Crippen molar-refractivity contribution in [1.29, 1.82) is 0 Å². The number of phenolic OH excluding ortho intramolecular Hbond substituents is 1. The smallest absolute Gasteiger partial charge is 0.296 e. The van der Waals surface area contributed by atoms with Gasteiger partial charge in [0.25, 0.3) is 11.7 Å². The molecule has 0 aliphatic rings. The number of nitrogens with zero attached hydrogens (tertiary/aromatic N) is 1. The molecule has 0 aliphatic heterocycles. The highest BCUT2D eigenvalue weighted by molar-refractivity contribution is 6.48. The quantitative estimate of drug-likeness (QED) is 0.345. The van der Waals surface area contributed by atoms with Crippen molar-refractivity contribution in [3.63, 3.8) is 0 Å². The number of H-pyrrole nitrogens is 1. The van der Waals surface area contributed by atoms with Gasteiger partial charge < -0.3 is 15.4 Å². The van der Waals surface area contributed by atoms with Crippen LogP contribution in [0.25, 0.3) is 10.9 Å². The molecule has 0 atom stereocenters. The van der Waals surface area contributed by atoms with Gasteiger partial charge in [-0.25, -0.2) is 8.78 Å². The molecule has 0 saturated carbocycles. The second-order valence-corrected chi connectivity index (χ2v) is 6.60. The Labute approximate surface area is 169 Å². The number of benzene rings is 2. The topological polar surface area (TPSA) is 95.1 Å². The van der Waals surface area contributed by atoms with Crippen molar-refractivity contribution in [3.05, 3.63) is 89.4 Å². The summed E-state index contributed by atoms with van der Waals surface area (Å²) in [6, 6.07) is 10.7. The summed E-state index contributed by atoms with van der Waals surface area (Å²) >= 11 is 0. The number of carbonyl (C=O) groups is 2. The third-order valence-corrected chi connectivity index (χ3v) is 4.65. The van der Waals surface area contributed by atoms with Gasteiger partial charge in [-0.2, -0.15) is 0 Å². The van der Waals surface area contributed by atoms with Gasteiger partial charge in [-0.1, -0.05) is 6.07 Å². The predicted octanol–water partition coefficient (Wildman–Crippen LogP) is 3.96. The molecule has 4 rings (SSSR count). The number of rotatable bonds is 5. The van der Waals surface area contributed by atoms with E-state index in [1.165, 1.54) is 48.8 Å². The first-order chi connectivity index (χ1) is 14.4. The van der Waals surface area contributed by atoms with E-state index in [1.54, 1.807) is 0 Å². The number of hydrogen-bond donors (Lipinski definition) is 3. The number of fused-ring (bicyclic) bond motifs is 1. The van der Waals surface area contributed by atoms with Crippen LogP contribution in [-0.2, 0) is 11.2 Å². The van der Waals surface area contributed by atoms with Gasteiger partial charge in [0, 0.05) is 46.7 Å². The number of Topliss-reactive ketones (excluding diaryl/α,β-unsaturated/α-hetero) is 1. The van der Waals surface area contributed by atoms with Crippen LogP contribution < -0.4 is 5.32 Å². The van der Waals surface area contributed by atoms with E-state index in [2.05, 4.69) is 15.3 Å². The molecular formula is C22H15F2N3O3. The highest BCUT2D eigenvalue weighted by Crippen LogP contribution is 2.29. The van der Waals surface area contributed by atoms with Crippen molar-refractivity contribution in [2.24, 2.45) is 0 Å². The second-order valence-electron chi connectivity index (χ2n) is 6.60. The van der Waals surface area contributed by atoms with Crippen molar-refractivity contribution in [1.82, 2.24) is 9.97 Å². The standard InChI is InChI=1S/C22H15F2N3O3/c23-16-2-1-3-17(24)14(16)11-19-20(15-10-13(28)4-5-18(15)27-19)21(29)22(30)26-12-6-8-25-9-7-12/h1-10,27-28H,11H2,(H,25,26,30). The predicted molar refractivity (Wildman–Crippen MR) is 106 cm³/mol. The minimum absolute atomic E-state index is 0.0601. The van der Waals surface area contributed by atoms with Crippen LogP contribution in [0.3, 0.4) is 0 Å². The third-order valence-electron chi connectivity index (χ3n) is 4.65. The van der Waals surface area contributed by atoms with Crippen LogP contribution in [0.4, 0.5) is 14.5 Å². The minimum atomic E-state index is -0.930. The number of aromatic nitrogens is 2. The van der Waals surface area contributed by atoms with Gasteiger partial charge in [0.1, 0.15) is 17.4 Å². The van der Waals surface area contributed by atoms with E-state index in [4.69, 9.17) is 0 Å². The summed E-state index contributed by atoms with van der Waals surface area (Å²) in [5, 5.41) is 12.6. The van der Waals surface area contributed by atoms with Gasteiger partial charge in [0.2, 0.25) is 0 Å². The van der Waals surface area contributed by atoms with Gasteiger partial charge in [-0.15, -0.1) is 0 Å². The molecule has 0 fully saturated rings. The number of ketones is 1. The molecule has 150 valence electrons. The van der Waals surface area contributed by atoms with Crippen molar-refractivity contribution in [3.8, 4) is 5.75 Å². The number of pyridine rings is 1. The highest BCUT2D eigenvalue weighted by atomic mass is 19.1. The maximum atomic E-state index is 14.2. The molecule has 30 heavy (non-hydrogen) atoms. The van der Waals surface area contributed by atoms with E-state index in [-0.39, 0.29) is 34.4 Å². The van der Waals surface area contributed by atoms with Gasteiger partial charge in [-0.3, -0.25) is 14.6 Å². The molecule has 2 aromatic heterocycles. The average molecular weight is 407 g/mol. The van der Waals surface area contributed by atoms with Crippen LogP contribution >= 0.6 is 0 Å². The summed E-state index contributed by atoms with van der Waals surface area (Å²) in [4.78, 5) is 32.3. The Hall–Kier alpha value is -4.07. The van der Waals surface area contributed by atoms with E-state index in [0.717, 1.165) is 12.1 Å². The lowest BCUT2D eigenvalue weighted by Crippen LogP contribution is -2.23. The fourth-order valence-electron chi connectivity index (χ4n) is 3.24. The number of anilines is 1. The first kappa shape index (κ1) is 19.3. The number of aromatic hydroxyl groups is 1. The van der Waals surface area contributed by atoms with E-state index in [1.807, 2.05) is 0 Å². The summed E-state index contributed by atoms with van der Waals surface area (Å²) in [5.74, 6) is -3.49. The van der Waals surface area contributed by atoms with Gasteiger partial charge in [0.05, 0.1) is 5.56 Å². The van der Waals surface area contributed by atoms with Crippen LogP contribution in [0, 0.1) is 11.6 Å². The Morgan fingerprint density at radius 2 is 1.73 bits per heavy atom. The van der Waals surface area contributed by atoms with Gasteiger partial charge in [-0.05, 0) is 42.5 Å². The Morgan fingerprint density at radius 1 is 1.03 bits per heavy atom. The highest BCUT2D eigenvalue weighted by Gasteiger charge is 2.26. The largest absolute Gasteiger partial charge is 0.508 e. The number of hydrogen-bond acceptors (Lipinski definition) is 4. The summed E-state index contributed by atoms with van der Waals surface area (Å²) in [5.41, 5.74) is 0.675. The van der Waals surface area contributed by atoms with Gasteiger partial charge >= 0.3 is 0 Å². The SMILES string of the molecule is O=C(Nc1ccncc1)C(=O)c1c(Cc2c(F)cccc2F)[nH]c2ccc(O)cc12. The number of nitrogens with one attached hydrogen (secondary N) is 2. The summed E-state index contributed by atoms with van der Waals surface area (Å²) in [6.07, 6.45) is 2.63. The molecule has 0 unspecified atom stereocenters. The molecule has 3 N–H and O–H groups in total. The van der Waals surface area contributed by atoms with Crippen molar-refractivity contribution < 1.29 is 23.5 Å². The van der Waals surface area contributed by atoms with Crippen LogP contribution in [0.5, 0.6) is 5.75 Å². The average Bonchev–Trinajstić information content (AvgIpc) is 3.08. The Kier molecular flexibility index (Phi) is 4.97. The maximum Gasteiger partial charge on any atom is 0.296 e. The Balaban J connectivity index is 1.79. The molecular weight excluding hydrogens is 392 g/mol. The fourth-order valence-corrected chi connectivity index (χ4v) is 3.24.